The molecule has 0 spiro atoms. The van der Waals surface area contributed by atoms with E-state index in [0.717, 1.165) is 25.6 Å². The van der Waals surface area contributed by atoms with Crippen LogP contribution in [0.2, 0.25) is 0 Å². The maximum absolute atomic E-state index is 10.5. The summed E-state index contributed by atoms with van der Waals surface area (Å²) in [5.74, 6) is -0.709. The van der Waals surface area contributed by atoms with Gasteiger partial charge in [0.2, 0.25) is 0 Å². The molecule has 4 nitrogen and oxygen atoms in total. The van der Waals surface area contributed by atoms with Gasteiger partial charge in [-0.05, 0) is 26.3 Å². The molecule has 1 heterocycles. The first-order valence-electron chi connectivity index (χ1n) is 5.33. The Morgan fingerprint density at radius 1 is 1.43 bits per heavy atom. The summed E-state index contributed by atoms with van der Waals surface area (Å²) in [6, 6.07) is 1.37. The van der Waals surface area contributed by atoms with Gasteiger partial charge < -0.3 is 5.11 Å². The number of hydrogen-bond acceptors (Lipinski definition) is 3. The normalized spacial score (nSPS) is 28.6. The Balaban J connectivity index is 1.78. The number of hydrogen-bond donors (Lipinski definition) is 1. The lowest BCUT2D eigenvalue weighted by atomic mass is 10.2. The van der Waals surface area contributed by atoms with Crippen LogP contribution in [0.25, 0.3) is 0 Å². The topological polar surface area (TPSA) is 43.8 Å². The lowest BCUT2D eigenvalue weighted by molar-refractivity contribution is -0.138. The van der Waals surface area contributed by atoms with E-state index in [1.807, 2.05) is 4.90 Å². The SMILES string of the molecule is CN(C1CC1)[C@H]1CCN(CC(=O)O)C1. The molecular weight excluding hydrogens is 180 g/mol. The van der Waals surface area contributed by atoms with Gasteiger partial charge in [-0.3, -0.25) is 14.6 Å². The summed E-state index contributed by atoms with van der Waals surface area (Å²) in [5, 5.41) is 8.67. The Kier molecular flexibility index (Phi) is 2.74. The fraction of sp³-hybridized carbons (Fsp3) is 0.900. The first-order chi connectivity index (χ1) is 6.66. The molecule has 1 N–H and O–H groups in total. The maximum atomic E-state index is 10.5. The number of nitrogens with zero attached hydrogens (tertiary/aromatic N) is 2. The van der Waals surface area contributed by atoms with Crippen LogP contribution in [0.5, 0.6) is 0 Å². The molecule has 0 aromatic rings. The van der Waals surface area contributed by atoms with Crippen molar-refractivity contribution in [1.29, 1.82) is 0 Å². The highest BCUT2D eigenvalue weighted by Crippen LogP contribution is 2.29. The molecule has 1 atom stereocenters. The largest absolute Gasteiger partial charge is 0.480 e. The van der Waals surface area contributed by atoms with E-state index in [4.69, 9.17) is 5.11 Å². The number of carboxylic acids is 1. The van der Waals surface area contributed by atoms with Gasteiger partial charge in [0.15, 0.2) is 0 Å². The van der Waals surface area contributed by atoms with E-state index in [2.05, 4.69) is 11.9 Å². The van der Waals surface area contributed by atoms with Gasteiger partial charge in [0, 0.05) is 25.2 Å². The van der Waals surface area contributed by atoms with E-state index in [1.54, 1.807) is 0 Å². The molecule has 1 aliphatic heterocycles. The predicted octanol–water partition coefficient (Wildman–Crippen LogP) is 0.239. The zero-order chi connectivity index (χ0) is 10.1. The van der Waals surface area contributed by atoms with Crippen LogP contribution in [0.3, 0.4) is 0 Å². The lowest BCUT2D eigenvalue weighted by Gasteiger charge is -2.23. The van der Waals surface area contributed by atoms with Gasteiger partial charge >= 0.3 is 5.97 Å². The minimum atomic E-state index is -0.709. The molecule has 14 heavy (non-hydrogen) atoms. The highest BCUT2D eigenvalue weighted by molar-refractivity contribution is 5.69. The van der Waals surface area contributed by atoms with Crippen LogP contribution < -0.4 is 0 Å². The molecule has 0 unspecified atom stereocenters. The van der Waals surface area contributed by atoms with Crippen LogP contribution in [-0.4, -0.2) is 59.6 Å². The van der Waals surface area contributed by atoms with Gasteiger partial charge in [0.05, 0.1) is 6.54 Å². The van der Waals surface area contributed by atoms with E-state index in [1.165, 1.54) is 12.8 Å². The second kappa shape index (κ2) is 3.87. The minimum absolute atomic E-state index is 0.203. The van der Waals surface area contributed by atoms with Gasteiger partial charge in [0.25, 0.3) is 0 Å². The Morgan fingerprint density at radius 2 is 2.14 bits per heavy atom. The van der Waals surface area contributed by atoms with Gasteiger partial charge in [-0.1, -0.05) is 0 Å². The van der Waals surface area contributed by atoms with E-state index in [9.17, 15) is 4.79 Å². The van der Waals surface area contributed by atoms with Crippen LogP contribution in [0, 0.1) is 0 Å². The molecule has 80 valence electrons. The zero-order valence-electron chi connectivity index (χ0n) is 8.65. The van der Waals surface area contributed by atoms with Crippen molar-refractivity contribution in [1.82, 2.24) is 9.80 Å². The molecule has 2 aliphatic rings. The Morgan fingerprint density at radius 3 is 2.71 bits per heavy atom. The molecule has 0 bridgehead atoms. The van der Waals surface area contributed by atoms with E-state index in [0.29, 0.717) is 6.04 Å². The quantitative estimate of drug-likeness (QED) is 0.702. The number of rotatable bonds is 4. The van der Waals surface area contributed by atoms with Crippen molar-refractivity contribution in [2.45, 2.75) is 31.3 Å². The highest BCUT2D eigenvalue weighted by Gasteiger charge is 2.34. The van der Waals surface area contributed by atoms with Crippen LogP contribution in [0.4, 0.5) is 0 Å². The number of carboxylic acid groups (broad SMARTS) is 1. The van der Waals surface area contributed by atoms with E-state index in [-0.39, 0.29) is 6.54 Å². The molecular formula is C10H18N2O2. The van der Waals surface area contributed by atoms with E-state index >= 15 is 0 Å². The number of carbonyl (C=O) groups is 1. The summed E-state index contributed by atoms with van der Waals surface area (Å²) in [7, 11) is 2.17. The molecule has 0 radical (unpaired) electrons. The average molecular weight is 198 g/mol. The Bertz CT molecular complexity index is 228. The molecule has 1 saturated heterocycles. The summed E-state index contributed by atoms with van der Waals surface area (Å²) in [4.78, 5) is 15.0. The highest BCUT2D eigenvalue weighted by atomic mass is 16.4. The van der Waals surface area contributed by atoms with Crippen molar-refractivity contribution < 1.29 is 9.90 Å². The van der Waals surface area contributed by atoms with Crippen LogP contribution >= 0.6 is 0 Å². The predicted molar refractivity (Wildman–Crippen MR) is 53.3 cm³/mol. The van der Waals surface area contributed by atoms with Crippen molar-refractivity contribution in [3.63, 3.8) is 0 Å². The maximum Gasteiger partial charge on any atom is 0.317 e. The molecule has 0 aromatic heterocycles. The minimum Gasteiger partial charge on any atom is -0.480 e. The number of likely N-dealkylation sites (tertiary alicyclic amines) is 1. The van der Waals surface area contributed by atoms with Crippen molar-refractivity contribution >= 4 is 5.97 Å². The van der Waals surface area contributed by atoms with Crippen molar-refractivity contribution in [2.75, 3.05) is 26.7 Å². The second-order valence-electron chi connectivity index (χ2n) is 4.47. The van der Waals surface area contributed by atoms with Gasteiger partial charge in [0.1, 0.15) is 0 Å². The fourth-order valence-electron chi connectivity index (χ4n) is 2.26. The van der Waals surface area contributed by atoms with E-state index < -0.39 is 5.97 Å². The molecule has 1 aliphatic carbocycles. The smallest absolute Gasteiger partial charge is 0.317 e. The molecule has 0 amide bonds. The zero-order valence-corrected chi connectivity index (χ0v) is 8.65. The van der Waals surface area contributed by atoms with Crippen molar-refractivity contribution in [3.8, 4) is 0 Å². The van der Waals surface area contributed by atoms with Crippen molar-refractivity contribution in [3.05, 3.63) is 0 Å². The first kappa shape index (κ1) is 9.93. The summed E-state index contributed by atoms with van der Waals surface area (Å²) in [6.07, 6.45) is 3.78. The van der Waals surface area contributed by atoms with Crippen molar-refractivity contribution in [2.24, 2.45) is 0 Å². The second-order valence-corrected chi connectivity index (χ2v) is 4.47. The standard InChI is InChI=1S/C10H18N2O2/c1-11(8-2-3-8)9-4-5-12(6-9)7-10(13)14/h8-9H,2-7H2,1H3,(H,13,14)/t9-/m0/s1. The van der Waals surface area contributed by atoms with Gasteiger partial charge in [-0.2, -0.15) is 0 Å². The molecule has 2 fully saturated rings. The third kappa shape index (κ3) is 2.25. The molecule has 4 heteroatoms. The van der Waals surface area contributed by atoms with Gasteiger partial charge in [-0.15, -0.1) is 0 Å². The molecule has 1 saturated carbocycles. The van der Waals surface area contributed by atoms with Crippen LogP contribution in [-0.2, 0) is 4.79 Å². The fourth-order valence-corrected chi connectivity index (χ4v) is 2.26. The third-order valence-electron chi connectivity index (χ3n) is 3.31. The van der Waals surface area contributed by atoms with Gasteiger partial charge in [-0.25, -0.2) is 0 Å². The first-order valence-corrected chi connectivity index (χ1v) is 5.33. The average Bonchev–Trinajstić information content (AvgIpc) is 2.86. The third-order valence-corrected chi connectivity index (χ3v) is 3.31. The van der Waals surface area contributed by atoms with Crippen LogP contribution in [0.15, 0.2) is 0 Å². The summed E-state index contributed by atoms with van der Waals surface area (Å²) >= 11 is 0. The number of aliphatic carboxylic acids is 1. The summed E-state index contributed by atoms with van der Waals surface area (Å²) < 4.78 is 0. The number of likely N-dealkylation sites (N-methyl/N-ethyl adjacent to an activating group) is 1. The molecule has 0 aromatic carbocycles. The van der Waals surface area contributed by atoms with Crippen LogP contribution in [0.1, 0.15) is 19.3 Å². The summed E-state index contributed by atoms with van der Waals surface area (Å²) in [5.41, 5.74) is 0. The Hall–Kier alpha value is -0.610. The molecule has 2 rings (SSSR count). The Labute approximate surface area is 84.5 Å². The summed E-state index contributed by atoms with van der Waals surface area (Å²) in [6.45, 7) is 2.07. The monoisotopic (exact) mass is 198 g/mol. The lowest BCUT2D eigenvalue weighted by Crippen LogP contribution is -2.37.